The van der Waals surface area contributed by atoms with E-state index in [-0.39, 0.29) is 17.7 Å². The molecule has 0 bridgehead atoms. The summed E-state index contributed by atoms with van der Waals surface area (Å²) in [6, 6.07) is 8.76. The van der Waals surface area contributed by atoms with Crippen LogP contribution in [0.15, 0.2) is 42.5 Å². The fourth-order valence-electron chi connectivity index (χ4n) is 2.25. The number of benzene rings is 2. The average molecular weight is 367 g/mol. The Morgan fingerprint density at radius 3 is 2.23 bits per heavy atom. The fourth-order valence-corrected chi connectivity index (χ4v) is 2.25. The van der Waals surface area contributed by atoms with Crippen LogP contribution in [-0.2, 0) is 22.1 Å². The van der Waals surface area contributed by atoms with Crippen molar-refractivity contribution in [1.29, 1.82) is 0 Å². The Labute approximate surface area is 147 Å². The number of hydrogen-bond acceptors (Lipinski definition) is 4. The van der Waals surface area contributed by atoms with Crippen LogP contribution < -0.4 is 10.1 Å². The molecule has 8 heteroatoms. The highest BCUT2D eigenvalue weighted by molar-refractivity contribution is 5.96. The second-order valence-electron chi connectivity index (χ2n) is 5.33. The van der Waals surface area contributed by atoms with Crippen LogP contribution in [0.25, 0.3) is 0 Å². The summed E-state index contributed by atoms with van der Waals surface area (Å²) in [5.74, 6) is -0.772. The number of carbonyl (C=O) groups excluding carboxylic acids is 2. The van der Waals surface area contributed by atoms with Crippen molar-refractivity contribution in [3.05, 3.63) is 59.2 Å². The zero-order valence-corrected chi connectivity index (χ0v) is 14.0. The summed E-state index contributed by atoms with van der Waals surface area (Å²) < 4.78 is 47.3. The first-order valence-electron chi connectivity index (χ1n) is 7.47. The van der Waals surface area contributed by atoms with E-state index < -0.39 is 23.6 Å². The van der Waals surface area contributed by atoms with Gasteiger partial charge in [0.1, 0.15) is 11.3 Å². The number of amides is 1. The third-order valence-corrected chi connectivity index (χ3v) is 3.54. The van der Waals surface area contributed by atoms with Crippen LogP contribution in [0.2, 0.25) is 0 Å². The van der Waals surface area contributed by atoms with Crippen LogP contribution in [0, 0.1) is 0 Å². The molecule has 0 heterocycles. The minimum Gasteiger partial charge on any atom is -0.496 e. The molecule has 2 aromatic carbocycles. The minimum atomic E-state index is -4.42. The molecule has 0 fully saturated rings. The Hall–Kier alpha value is -3.03. The lowest BCUT2D eigenvalue weighted by Crippen LogP contribution is -2.15. The van der Waals surface area contributed by atoms with Crippen LogP contribution in [0.1, 0.15) is 21.5 Å². The van der Waals surface area contributed by atoms with Gasteiger partial charge >= 0.3 is 12.1 Å². The number of methoxy groups -OCH3 is 2. The van der Waals surface area contributed by atoms with Crippen LogP contribution in [0.5, 0.6) is 5.75 Å². The van der Waals surface area contributed by atoms with Gasteiger partial charge in [0.2, 0.25) is 5.91 Å². The lowest BCUT2D eigenvalue weighted by molar-refractivity contribution is -0.137. The molecule has 1 N–H and O–H groups in total. The number of carbonyl (C=O) groups is 2. The van der Waals surface area contributed by atoms with Crippen molar-refractivity contribution in [3.8, 4) is 5.75 Å². The smallest absolute Gasteiger partial charge is 0.416 e. The Morgan fingerprint density at radius 2 is 1.69 bits per heavy atom. The maximum Gasteiger partial charge on any atom is 0.416 e. The molecule has 2 rings (SSSR count). The van der Waals surface area contributed by atoms with E-state index in [0.717, 1.165) is 12.1 Å². The lowest BCUT2D eigenvalue weighted by Gasteiger charge is -2.11. The average Bonchev–Trinajstić information content (AvgIpc) is 2.60. The highest BCUT2D eigenvalue weighted by Crippen LogP contribution is 2.29. The standard InChI is InChI=1S/C18H16F3NO4/c1-25-15-10-13(7-8-14(15)17(24)26-2)22-16(23)9-11-3-5-12(6-4-11)18(19,20)21/h3-8,10H,9H2,1-2H3,(H,22,23). The van der Waals surface area contributed by atoms with Crippen molar-refractivity contribution in [2.75, 3.05) is 19.5 Å². The number of esters is 1. The molecular weight excluding hydrogens is 351 g/mol. The zero-order valence-electron chi connectivity index (χ0n) is 14.0. The van der Waals surface area contributed by atoms with Gasteiger partial charge in [-0.05, 0) is 29.8 Å². The zero-order chi connectivity index (χ0) is 19.3. The molecule has 0 unspecified atom stereocenters. The largest absolute Gasteiger partial charge is 0.496 e. The first-order chi connectivity index (χ1) is 12.2. The summed E-state index contributed by atoms with van der Waals surface area (Å²) in [6.45, 7) is 0. The van der Waals surface area contributed by atoms with Gasteiger partial charge in [-0.2, -0.15) is 13.2 Å². The van der Waals surface area contributed by atoms with Crippen molar-refractivity contribution in [2.45, 2.75) is 12.6 Å². The van der Waals surface area contributed by atoms with Crippen LogP contribution >= 0.6 is 0 Å². The summed E-state index contributed by atoms with van der Waals surface area (Å²) in [7, 11) is 2.61. The number of rotatable bonds is 5. The van der Waals surface area contributed by atoms with E-state index >= 15 is 0 Å². The SMILES string of the molecule is COC(=O)c1ccc(NC(=O)Cc2ccc(C(F)(F)F)cc2)cc1OC. The maximum absolute atomic E-state index is 12.5. The third kappa shape index (κ3) is 4.75. The molecule has 26 heavy (non-hydrogen) atoms. The summed E-state index contributed by atoms with van der Waals surface area (Å²) in [5.41, 5.74) is 0.251. The molecule has 0 aliphatic rings. The summed E-state index contributed by atoms with van der Waals surface area (Å²) in [5, 5.41) is 2.60. The Balaban J connectivity index is 2.07. The van der Waals surface area contributed by atoms with E-state index in [9.17, 15) is 22.8 Å². The third-order valence-electron chi connectivity index (χ3n) is 3.54. The van der Waals surface area contributed by atoms with Crippen LogP contribution in [-0.4, -0.2) is 26.1 Å². The second-order valence-corrected chi connectivity index (χ2v) is 5.33. The Morgan fingerprint density at radius 1 is 1.04 bits per heavy atom. The second kappa shape index (κ2) is 7.90. The highest BCUT2D eigenvalue weighted by atomic mass is 19.4. The molecule has 5 nitrogen and oxygen atoms in total. The molecule has 0 saturated heterocycles. The number of halogens is 3. The van der Waals surface area contributed by atoms with Gasteiger partial charge in [0.05, 0.1) is 26.2 Å². The van der Waals surface area contributed by atoms with Crippen molar-refractivity contribution in [2.24, 2.45) is 0 Å². The van der Waals surface area contributed by atoms with Gasteiger partial charge < -0.3 is 14.8 Å². The molecule has 1 amide bonds. The van der Waals surface area contributed by atoms with E-state index in [1.807, 2.05) is 0 Å². The Kier molecular flexibility index (Phi) is 5.86. The van der Waals surface area contributed by atoms with Gasteiger partial charge in [-0.1, -0.05) is 12.1 Å². The molecule has 0 spiro atoms. The number of nitrogens with one attached hydrogen (secondary N) is 1. The van der Waals surface area contributed by atoms with Gasteiger partial charge in [-0.3, -0.25) is 4.79 Å². The maximum atomic E-state index is 12.5. The van der Waals surface area contributed by atoms with Crippen molar-refractivity contribution in [1.82, 2.24) is 0 Å². The van der Waals surface area contributed by atoms with E-state index in [0.29, 0.717) is 11.3 Å². The molecule has 0 saturated carbocycles. The number of anilines is 1. The molecule has 138 valence electrons. The van der Waals surface area contributed by atoms with Crippen LogP contribution in [0.4, 0.5) is 18.9 Å². The molecule has 0 aromatic heterocycles. The number of ether oxygens (including phenoxy) is 2. The van der Waals surface area contributed by atoms with E-state index in [1.54, 1.807) is 0 Å². The predicted molar refractivity (Wildman–Crippen MR) is 88.1 cm³/mol. The van der Waals surface area contributed by atoms with E-state index in [4.69, 9.17) is 4.74 Å². The topological polar surface area (TPSA) is 64.6 Å². The molecule has 0 radical (unpaired) electrons. The van der Waals surface area contributed by atoms with Gasteiger partial charge in [-0.15, -0.1) is 0 Å². The van der Waals surface area contributed by atoms with Gasteiger partial charge in [-0.25, -0.2) is 4.79 Å². The minimum absolute atomic E-state index is 0.0980. The van der Waals surface area contributed by atoms with Gasteiger partial charge in [0.15, 0.2) is 0 Å². The monoisotopic (exact) mass is 367 g/mol. The normalized spacial score (nSPS) is 11.0. The number of hydrogen-bond donors (Lipinski definition) is 1. The van der Waals surface area contributed by atoms with E-state index in [2.05, 4.69) is 10.1 Å². The van der Waals surface area contributed by atoms with Crippen LogP contribution in [0.3, 0.4) is 0 Å². The quantitative estimate of drug-likeness (QED) is 0.819. The molecule has 0 aliphatic heterocycles. The molecule has 2 aromatic rings. The van der Waals surface area contributed by atoms with Gasteiger partial charge in [0, 0.05) is 11.8 Å². The predicted octanol–water partition coefficient (Wildman–Crippen LogP) is 3.68. The summed E-state index contributed by atoms with van der Waals surface area (Å²) in [4.78, 5) is 23.7. The van der Waals surface area contributed by atoms with Gasteiger partial charge in [0.25, 0.3) is 0 Å². The molecule has 0 aliphatic carbocycles. The first-order valence-corrected chi connectivity index (χ1v) is 7.47. The molecule has 0 atom stereocenters. The summed E-state index contributed by atoms with van der Waals surface area (Å²) in [6.07, 6.45) is -4.52. The van der Waals surface area contributed by atoms with E-state index in [1.165, 1.54) is 44.6 Å². The van der Waals surface area contributed by atoms with Crippen molar-refractivity contribution < 1.29 is 32.2 Å². The Bertz CT molecular complexity index is 801. The van der Waals surface area contributed by atoms with Crippen molar-refractivity contribution in [3.63, 3.8) is 0 Å². The van der Waals surface area contributed by atoms with Crippen molar-refractivity contribution >= 4 is 17.6 Å². The fraction of sp³-hybridized carbons (Fsp3) is 0.222. The lowest BCUT2D eigenvalue weighted by atomic mass is 10.1. The first kappa shape index (κ1) is 19.3. The summed E-state index contributed by atoms with van der Waals surface area (Å²) >= 11 is 0. The number of alkyl halides is 3. The highest BCUT2D eigenvalue weighted by Gasteiger charge is 2.29. The molecular formula is C18H16F3NO4.